The molecule has 2 N–H and O–H groups in total. The van der Waals surface area contributed by atoms with E-state index >= 15 is 0 Å². The summed E-state index contributed by atoms with van der Waals surface area (Å²) >= 11 is 2.05. The van der Waals surface area contributed by atoms with Crippen LogP contribution in [0.15, 0.2) is 24.3 Å². The second-order valence-corrected chi connectivity index (χ2v) is 5.49. The third-order valence-electron chi connectivity index (χ3n) is 2.36. The lowest BCUT2D eigenvalue weighted by Gasteiger charge is -2.13. The van der Waals surface area contributed by atoms with Crippen molar-refractivity contribution in [3.63, 3.8) is 0 Å². The average Bonchev–Trinajstić information content (AvgIpc) is 2.38. The van der Waals surface area contributed by atoms with E-state index < -0.39 is 18.2 Å². The van der Waals surface area contributed by atoms with Gasteiger partial charge in [0, 0.05) is 6.54 Å². The van der Waals surface area contributed by atoms with Gasteiger partial charge in [-0.05, 0) is 46.2 Å². The van der Waals surface area contributed by atoms with Crippen LogP contribution in [0.25, 0.3) is 0 Å². The average molecular weight is 421 g/mol. The summed E-state index contributed by atoms with van der Waals surface area (Å²) in [6.45, 7) is -0.0427. The lowest BCUT2D eigenvalue weighted by Crippen LogP contribution is -2.37. The number of benzene rings is 1. The van der Waals surface area contributed by atoms with Gasteiger partial charge in [-0.25, -0.2) is 0 Å². The van der Waals surface area contributed by atoms with Gasteiger partial charge < -0.3 is 14.9 Å². The quantitative estimate of drug-likeness (QED) is 0.549. The maximum atomic E-state index is 11.9. The Morgan fingerprint density at radius 3 is 2.80 bits per heavy atom. The van der Waals surface area contributed by atoms with E-state index in [0.717, 1.165) is 0 Å². The van der Waals surface area contributed by atoms with E-state index in [4.69, 9.17) is 4.52 Å². The lowest BCUT2D eigenvalue weighted by molar-refractivity contribution is -0.173. The molecule has 0 aromatic heterocycles. The molecule has 1 aromatic carbocycles. The number of hydrogen-bond donors (Lipinski definition) is 2. The van der Waals surface area contributed by atoms with Crippen molar-refractivity contribution in [1.82, 2.24) is 5.32 Å². The zero-order valence-corrected chi connectivity index (χ0v) is 13.2. The molecule has 2 unspecified atom stereocenters. The van der Waals surface area contributed by atoms with Crippen LogP contribution in [-0.4, -0.2) is 23.7 Å². The summed E-state index contributed by atoms with van der Waals surface area (Å²) in [5.41, 5.74) is 0.526. The molecule has 0 fully saturated rings. The van der Waals surface area contributed by atoms with Crippen LogP contribution in [0.3, 0.4) is 0 Å². The van der Waals surface area contributed by atoms with Crippen LogP contribution in [0.2, 0.25) is 0 Å². The van der Waals surface area contributed by atoms with E-state index in [1.807, 2.05) is 22.0 Å². The first-order valence-corrected chi connectivity index (χ1v) is 9.52. The predicted octanol–water partition coefficient (Wildman–Crippen LogP) is 3.11. The Kier molecular flexibility index (Phi) is 6.97. The maximum Gasteiger partial charge on any atom is 0.471 e. The van der Waals surface area contributed by atoms with Crippen molar-refractivity contribution in [2.45, 2.75) is 18.7 Å². The molecule has 0 heterocycles. The Bertz CT molecular complexity index is 459. The van der Waals surface area contributed by atoms with Gasteiger partial charge in [0.1, 0.15) is 12.2 Å². The van der Waals surface area contributed by atoms with Gasteiger partial charge in [-0.2, -0.15) is 13.2 Å². The molecular weight excluding hydrogens is 409 g/mol. The summed E-state index contributed by atoms with van der Waals surface area (Å²) in [6.07, 6.45) is -5.89. The molecule has 1 aromatic rings. The minimum absolute atomic E-state index is 0.0161. The first-order chi connectivity index (χ1) is 9.34. The summed E-state index contributed by atoms with van der Waals surface area (Å²) in [4.78, 5) is 10.6. The molecule has 0 saturated heterocycles. The van der Waals surface area contributed by atoms with Crippen molar-refractivity contribution in [2.24, 2.45) is 0 Å². The number of aliphatic hydroxyl groups is 1. The van der Waals surface area contributed by atoms with Crippen LogP contribution in [0.5, 0.6) is 5.75 Å². The van der Waals surface area contributed by atoms with Gasteiger partial charge in [-0.3, -0.25) is 4.79 Å². The van der Waals surface area contributed by atoms with E-state index in [-0.39, 0.29) is 19.4 Å². The Labute approximate surface area is 128 Å². The minimum atomic E-state index is -4.90. The summed E-state index contributed by atoms with van der Waals surface area (Å²) in [6, 6.07) is 6.65. The number of carbonyl (C=O) groups excluding carboxylic acids is 1. The van der Waals surface area contributed by atoms with Crippen LogP contribution in [0.1, 0.15) is 18.1 Å². The van der Waals surface area contributed by atoms with E-state index in [2.05, 4.69) is 0 Å². The Morgan fingerprint density at radius 2 is 2.20 bits per heavy atom. The number of halogens is 4. The molecule has 20 heavy (non-hydrogen) atoms. The van der Waals surface area contributed by atoms with E-state index in [9.17, 15) is 23.1 Å². The smallest absolute Gasteiger partial charge is 0.467 e. The van der Waals surface area contributed by atoms with Gasteiger partial charge in [0.25, 0.3) is 0 Å². The fourth-order valence-corrected chi connectivity index (χ4v) is 2.40. The first-order valence-electron chi connectivity index (χ1n) is 5.50. The molecule has 0 spiro atoms. The fraction of sp³-hybridized carbons (Fsp3) is 0.364. The highest BCUT2D eigenvalue weighted by Crippen LogP contribution is 2.29. The highest BCUT2D eigenvalue weighted by atomic mass is 127. The van der Waals surface area contributed by atoms with E-state index in [0.29, 0.717) is 11.3 Å². The van der Waals surface area contributed by atoms with Gasteiger partial charge in [0.05, 0.1) is 6.10 Å². The molecule has 0 bridgehead atoms. The standard InChI is InChI=1S/C11H12F3INO3P/c12-11(13,14)10(18)16-5-4-9(17)7-2-1-3-8(6-7)19-20-15/h1-3,6,9,17,20H,4-5H2,(H,16,18). The molecule has 1 rings (SSSR count). The summed E-state index contributed by atoms with van der Waals surface area (Å²) < 4.78 is 41.1. The number of aliphatic hydroxyl groups excluding tert-OH is 1. The lowest BCUT2D eigenvalue weighted by atomic mass is 10.1. The first kappa shape index (κ1) is 17.5. The van der Waals surface area contributed by atoms with Crippen molar-refractivity contribution in [1.29, 1.82) is 0 Å². The van der Waals surface area contributed by atoms with Crippen molar-refractivity contribution in [3.05, 3.63) is 29.8 Å². The van der Waals surface area contributed by atoms with Crippen LogP contribution < -0.4 is 9.84 Å². The number of alkyl halides is 3. The summed E-state index contributed by atoms with van der Waals surface area (Å²) in [7, 11) is 0. The third-order valence-corrected chi connectivity index (χ3v) is 3.33. The largest absolute Gasteiger partial charge is 0.471 e. The van der Waals surface area contributed by atoms with Gasteiger partial charge in [0.15, 0.2) is 0 Å². The van der Waals surface area contributed by atoms with Crippen LogP contribution in [-0.2, 0) is 4.79 Å². The zero-order valence-electron chi connectivity index (χ0n) is 10.1. The van der Waals surface area contributed by atoms with Gasteiger partial charge >= 0.3 is 12.1 Å². The molecule has 0 aliphatic rings. The molecule has 0 aliphatic carbocycles. The van der Waals surface area contributed by atoms with E-state index in [1.54, 1.807) is 29.6 Å². The van der Waals surface area contributed by atoms with Crippen molar-refractivity contribution >= 4 is 34.4 Å². The Balaban J connectivity index is 2.48. The molecular formula is C11H12F3INO3P. The monoisotopic (exact) mass is 421 g/mol. The van der Waals surface area contributed by atoms with Crippen molar-refractivity contribution in [3.8, 4) is 5.75 Å². The molecule has 9 heteroatoms. The van der Waals surface area contributed by atoms with Gasteiger partial charge in [-0.15, -0.1) is 0 Å². The van der Waals surface area contributed by atoms with Crippen LogP contribution in [0, 0.1) is 0 Å². The molecule has 0 saturated carbocycles. The fourth-order valence-electron chi connectivity index (χ4n) is 1.42. The molecule has 0 aliphatic heterocycles. The number of rotatable bonds is 6. The number of carbonyl (C=O) groups is 1. The number of amides is 1. The normalized spacial score (nSPS) is 13.4. The molecule has 4 nitrogen and oxygen atoms in total. The highest BCUT2D eigenvalue weighted by molar-refractivity contribution is 14.2. The SMILES string of the molecule is O=C(NCCC(O)c1cccc(OPI)c1)C(F)(F)F. The second kappa shape index (κ2) is 7.99. The predicted molar refractivity (Wildman–Crippen MR) is 78.0 cm³/mol. The highest BCUT2D eigenvalue weighted by Gasteiger charge is 2.38. The second-order valence-electron chi connectivity index (χ2n) is 3.81. The van der Waals surface area contributed by atoms with Crippen LogP contribution in [0.4, 0.5) is 13.2 Å². The minimum Gasteiger partial charge on any atom is -0.467 e. The van der Waals surface area contributed by atoms with Gasteiger partial charge in [-0.1, -0.05) is 12.1 Å². The molecule has 0 radical (unpaired) electrons. The zero-order chi connectivity index (χ0) is 15.2. The van der Waals surface area contributed by atoms with Crippen molar-refractivity contribution in [2.75, 3.05) is 6.54 Å². The topological polar surface area (TPSA) is 58.6 Å². The number of hydrogen-bond acceptors (Lipinski definition) is 3. The van der Waals surface area contributed by atoms with E-state index in [1.165, 1.54) is 0 Å². The van der Waals surface area contributed by atoms with Crippen LogP contribution >= 0.6 is 28.5 Å². The summed E-state index contributed by atoms with van der Waals surface area (Å²) in [5, 5.41) is 11.5. The molecule has 1 amide bonds. The third kappa shape index (κ3) is 5.80. The maximum absolute atomic E-state index is 11.9. The Morgan fingerprint density at radius 1 is 1.50 bits per heavy atom. The molecule has 112 valence electrons. The summed E-state index contributed by atoms with van der Waals surface area (Å²) in [5.74, 6) is -1.43. The van der Waals surface area contributed by atoms with Crippen molar-refractivity contribution < 1.29 is 27.6 Å². The molecule has 2 atom stereocenters. The van der Waals surface area contributed by atoms with Gasteiger partial charge in [0.2, 0.25) is 0 Å². The number of nitrogens with one attached hydrogen (secondary N) is 1. The Hall–Kier alpha value is -0.600.